The van der Waals surface area contributed by atoms with E-state index in [0.29, 0.717) is 22.1 Å². The van der Waals surface area contributed by atoms with Gasteiger partial charge in [0.2, 0.25) is 5.13 Å². The minimum Gasteiger partial charge on any atom is -0.497 e. The van der Waals surface area contributed by atoms with Crippen molar-refractivity contribution >= 4 is 70.4 Å². The van der Waals surface area contributed by atoms with E-state index in [1.165, 1.54) is 52.0 Å². The van der Waals surface area contributed by atoms with E-state index in [-0.39, 0.29) is 10.5 Å². The van der Waals surface area contributed by atoms with Gasteiger partial charge in [0, 0.05) is 17.1 Å². The van der Waals surface area contributed by atoms with Crippen LogP contribution in [0.2, 0.25) is 0 Å². The van der Waals surface area contributed by atoms with Crippen LogP contribution in [0, 0.1) is 0 Å². The highest BCUT2D eigenvalue weighted by Gasteiger charge is 2.24. The van der Waals surface area contributed by atoms with E-state index >= 15 is 0 Å². The first-order valence-corrected chi connectivity index (χ1v) is 15.0. The van der Waals surface area contributed by atoms with E-state index in [4.69, 9.17) is 4.74 Å². The third-order valence-corrected chi connectivity index (χ3v) is 9.35. The predicted molar refractivity (Wildman–Crippen MR) is 163 cm³/mol. The van der Waals surface area contributed by atoms with Gasteiger partial charge in [0.1, 0.15) is 5.75 Å². The lowest BCUT2D eigenvalue weighted by Crippen LogP contribution is -2.27. The number of anilines is 2. The molecule has 5 rings (SSSR count). The molecule has 0 saturated heterocycles. The van der Waals surface area contributed by atoms with Gasteiger partial charge >= 0.3 is 0 Å². The Kier molecular flexibility index (Phi) is 7.97. The van der Waals surface area contributed by atoms with Gasteiger partial charge in [-0.1, -0.05) is 57.6 Å². The molecule has 1 heterocycles. The van der Waals surface area contributed by atoms with Crippen molar-refractivity contribution in [2.45, 2.75) is 4.90 Å². The molecule has 40 heavy (non-hydrogen) atoms. The molecular formula is C29H23BrN4O4S2. The number of sulfonamides is 1. The number of carbonyl (C=O) groups excluding carboxylic acids is 1. The maximum absolute atomic E-state index is 13.7. The number of rotatable bonds is 8. The second-order valence-electron chi connectivity index (χ2n) is 8.58. The van der Waals surface area contributed by atoms with Gasteiger partial charge in [-0.05, 0) is 72.3 Å². The molecule has 0 aliphatic heterocycles. The fraction of sp³-hybridized carbons (Fsp3) is 0.0690. The van der Waals surface area contributed by atoms with E-state index in [1.807, 2.05) is 42.5 Å². The van der Waals surface area contributed by atoms with Crippen LogP contribution in [0.3, 0.4) is 0 Å². The molecule has 0 radical (unpaired) electrons. The Morgan fingerprint density at radius 1 is 0.975 bits per heavy atom. The van der Waals surface area contributed by atoms with Gasteiger partial charge in [-0.2, -0.15) is 10.1 Å². The number of carbonyl (C=O) groups is 1. The molecule has 0 unspecified atom stereocenters. The summed E-state index contributed by atoms with van der Waals surface area (Å²) in [4.78, 5) is 18.4. The van der Waals surface area contributed by atoms with Crippen molar-refractivity contribution in [2.75, 3.05) is 23.5 Å². The van der Waals surface area contributed by atoms with Gasteiger partial charge in [-0.15, -0.1) is 0 Å². The van der Waals surface area contributed by atoms with Crippen molar-refractivity contribution in [3.63, 3.8) is 0 Å². The number of hydrogen-bond donors (Lipinski definition) is 0. The smallest absolute Gasteiger partial charge is 0.280 e. The number of ether oxygens (including phenoxy) is 1. The number of methoxy groups -OCH3 is 1. The Morgan fingerprint density at radius 3 is 2.35 bits per heavy atom. The summed E-state index contributed by atoms with van der Waals surface area (Å²) in [6.45, 7) is 0. The summed E-state index contributed by atoms with van der Waals surface area (Å²) in [5.41, 5.74) is 2.27. The summed E-state index contributed by atoms with van der Waals surface area (Å²) in [6, 6.07) is 27.5. The van der Waals surface area contributed by atoms with Crippen LogP contribution in [0.4, 0.5) is 10.8 Å². The summed E-state index contributed by atoms with van der Waals surface area (Å²) >= 11 is 4.71. The molecule has 0 saturated carbocycles. The molecule has 0 atom stereocenters. The first-order chi connectivity index (χ1) is 19.3. The van der Waals surface area contributed by atoms with Gasteiger partial charge < -0.3 is 4.74 Å². The van der Waals surface area contributed by atoms with Crippen LogP contribution in [-0.4, -0.2) is 39.7 Å². The Morgan fingerprint density at radius 2 is 1.68 bits per heavy atom. The first-order valence-electron chi connectivity index (χ1n) is 12.0. The van der Waals surface area contributed by atoms with Crippen LogP contribution in [0.5, 0.6) is 5.75 Å². The van der Waals surface area contributed by atoms with Crippen LogP contribution < -0.4 is 14.1 Å². The van der Waals surface area contributed by atoms with E-state index in [1.54, 1.807) is 43.7 Å². The largest absolute Gasteiger partial charge is 0.497 e. The Hall–Kier alpha value is -4.06. The van der Waals surface area contributed by atoms with Crippen LogP contribution in [0.15, 0.2) is 112 Å². The van der Waals surface area contributed by atoms with E-state index in [9.17, 15) is 13.2 Å². The molecule has 1 amide bonds. The van der Waals surface area contributed by atoms with Crippen molar-refractivity contribution in [3.05, 3.63) is 113 Å². The molecule has 8 nitrogen and oxygen atoms in total. The van der Waals surface area contributed by atoms with Gasteiger partial charge in [0.15, 0.2) is 0 Å². The maximum Gasteiger partial charge on any atom is 0.280 e. The van der Waals surface area contributed by atoms with Crippen molar-refractivity contribution in [3.8, 4) is 5.75 Å². The Labute approximate surface area is 244 Å². The normalized spacial score (nSPS) is 11.6. The molecule has 0 N–H and O–H groups in total. The number of amides is 1. The zero-order valence-corrected chi connectivity index (χ0v) is 24.7. The molecule has 4 aromatic carbocycles. The highest BCUT2D eigenvalue weighted by molar-refractivity contribution is 9.10. The lowest BCUT2D eigenvalue weighted by molar-refractivity contribution is 0.0987. The molecule has 1 aromatic heterocycles. The SMILES string of the molecule is COc1ccc2nc(N(/N=C/c3ccc(Br)cc3)C(=O)c3ccc(S(=O)(=O)N(C)c4ccccc4)cc3)sc2c1. The minimum absolute atomic E-state index is 0.0624. The van der Waals surface area contributed by atoms with Crippen molar-refractivity contribution in [2.24, 2.45) is 5.10 Å². The zero-order valence-electron chi connectivity index (χ0n) is 21.4. The summed E-state index contributed by atoms with van der Waals surface area (Å²) in [5.74, 6) is 0.218. The lowest BCUT2D eigenvalue weighted by Gasteiger charge is -2.19. The summed E-state index contributed by atoms with van der Waals surface area (Å²) in [5, 5.41) is 6.06. The fourth-order valence-corrected chi connectivity index (χ4v) is 6.21. The maximum atomic E-state index is 13.7. The van der Waals surface area contributed by atoms with Gasteiger partial charge in [0.25, 0.3) is 15.9 Å². The second-order valence-corrected chi connectivity index (χ2v) is 12.5. The molecule has 0 spiro atoms. The average molecular weight is 636 g/mol. The van der Waals surface area contributed by atoms with Crippen LogP contribution in [-0.2, 0) is 10.0 Å². The summed E-state index contributed by atoms with van der Waals surface area (Å²) < 4.78 is 34.7. The van der Waals surface area contributed by atoms with Gasteiger partial charge in [-0.3, -0.25) is 9.10 Å². The van der Waals surface area contributed by atoms with Crippen molar-refractivity contribution in [1.29, 1.82) is 0 Å². The number of hydrazone groups is 1. The quantitative estimate of drug-likeness (QED) is 0.142. The molecule has 0 fully saturated rings. The molecule has 202 valence electrons. The second kappa shape index (κ2) is 11.6. The number of thiazole rings is 1. The van der Waals surface area contributed by atoms with Crippen molar-refractivity contribution < 1.29 is 17.9 Å². The summed E-state index contributed by atoms with van der Waals surface area (Å²) in [6.07, 6.45) is 1.57. The van der Waals surface area contributed by atoms with E-state index < -0.39 is 15.9 Å². The Balaban J connectivity index is 1.48. The predicted octanol–water partition coefficient (Wildman–Crippen LogP) is 6.57. The van der Waals surface area contributed by atoms with Gasteiger partial charge in [-0.25, -0.2) is 13.4 Å². The molecular weight excluding hydrogens is 612 g/mol. The minimum atomic E-state index is -3.83. The number of benzene rings is 4. The zero-order chi connectivity index (χ0) is 28.3. The third kappa shape index (κ3) is 5.76. The van der Waals surface area contributed by atoms with Crippen LogP contribution in [0.1, 0.15) is 15.9 Å². The number of fused-ring (bicyclic) bond motifs is 1. The van der Waals surface area contributed by atoms with E-state index in [2.05, 4.69) is 26.0 Å². The first kappa shape index (κ1) is 27.5. The van der Waals surface area contributed by atoms with Crippen LogP contribution >= 0.6 is 27.3 Å². The number of aromatic nitrogens is 1. The van der Waals surface area contributed by atoms with Crippen LogP contribution in [0.25, 0.3) is 10.2 Å². The highest BCUT2D eigenvalue weighted by Crippen LogP contribution is 2.33. The number of hydrogen-bond acceptors (Lipinski definition) is 7. The number of halogens is 1. The summed E-state index contributed by atoms with van der Waals surface area (Å²) in [7, 11) is -0.751. The molecule has 5 aromatic rings. The lowest BCUT2D eigenvalue weighted by atomic mass is 10.2. The van der Waals surface area contributed by atoms with Crippen molar-refractivity contribution in [1.82, 2.24) is 4.98 Å². The standard InChI is InChI=1S/C29H23BrN4O4S2/c1-33(23-6-4-3-5-7-23)40(36,37)25-15-10-21(11-16-25)28(35)34(31-19-20-8-12-22(30)13-9-20)29-32-26-17-14-24(38-2)18-27(26)39-29/h3-19H,1-2H3/b31-19+. The number of nitrogens with zero attached hydrogens (tertiary/aromatic N) is 4. The molecule has 0 bridgehead atoms. The average Bonchev–Trinajstić information content (AvgIpc) is 3.41. The highest BCUT2D eigenvalue weighted by atomic mass is 79.9. The number of para-hydroxylation sites is 1. The van der Waals surface area contributed by atoms with E-state index in [0.717, 1.165) is 14.7 Å². The molecule has 11 heteroatoms. The monoisotopic (exact) mass is 634 g/mol. The topological polar surface area (TPSA) is 92.2 Å². The third-order valence-electron chi connectivity index (χ3n) is 6.03. The molecule has 0 aliphatic rings. The fourth-order valence-electron chi connectivity index (χ4n) is 3.80. The van der Waals surface area contributed by atoms with Gasteiger partial charge in [0.05, 0.1) is 34.1 Å². The Bertz CT molecular complexity index is 1790. The molecule has 0 aliphatic carbocycles.